The lowest BCUT2D eigenvalue weighted by molar-refractivity contribution is 0.100. The summed E-state index contributed by atoms with van der Waals surface area (Å²) >= 11 is 0. The first-order chi connectivity index (χ1) is 14.6. The van der Waals surface area contributed by atoms with Crippen LogP contribution < -0.4 is 10.5 Å². The zero-order chi connectivity index (χ0) is 20.9. The number of fused-ring (bicyclic) bond motifs is 1. The van der Waals surface area contributed by atoms with Crippen LogP contribution in [-0.4, -0.2) is 66.6 Å². The Morgan fingerprint density at radius 1 is 1.03 bits per heavy atom. The predicted molar refractivity (Wildman–Crippen MR) is 121 cm³/mol. The third-order valence-electron chi connectivity index (χ3n) is 5.77. The van der Waals surface area contributed by atoms with Gasteiger partial charge in [-0.25, -0.2) is 0 Å². The number of aromatic amines is 1. The largest absolute Gasteiger partial charge is 0.492 e. The number of hydrogen-bond donors (Lipinski definition) is 2. The Labute approximate surface area is 177 Å². The molecule has 6 heteroatoms. The van der Waals surface area contributed by atoms with Crippen molar-refractivity contribution in [2.24, 2.45) is 5.73 Å². The summed E-state index contributed by atoms with van der Waals surface area (Å²) in [6.45, 7) is 9.65. The molecule has 4 rings (SSSR count). The number of piperazine rings is 1. The van der Waals surface area contributed by atoms with Crippen molar-refractivity contribution < 1.29 is 9.53 Å². The van der Waals surface area contributed by atoms with Crippen molar-refractivity contribution in [3.05, 3.63) is 54.1 Å². The van der Waals surface area contributed by atoms with Gasteiger partial charge in [-0.3, -0.25) is 9.69 Å². The van der Waals surface area contributed by atoms with Gasteiger partial charge in [0, 0.05) is 43.8 Å². The van der Waals surface area contributed by atoms with Crippen LogP contribution in [-0.2, 0) is 0 Å². The Balaban J connectivity index is 1.33. The molecule has 2 heterocycles. The molecule has 0 radical (unpaired) electrons. The van der Waals surface area contributed by atoms with Gasteiger partial charge in [0.05, 0.1) is 11.1 Å². The lowest BCUT2D eigenvalue weighted by atomic mass is 10.1. The number of nitrogens with zero attached hydrogens (tertiary/aromatic N) is 2. The maximum absolute atomic E-state index is 11.6. The Kier molecular flexibility index (Phi) is 6.35. The molecule has 30 heavy (non-hydrogen) atoms. The molecule has 158 valence electrons. The highest BCUT2D eigenvalue weighted by molar-refractivity contribution is 6.06. The van der Waals surface area contributed by atoms with Crippen LogP contribution in [0.1, 0.15) is 23.7 Å². The number of para-hydroxylation sites is 1. The van der Waals surface area contributed by atoms with Crippen molar-refractivity contribution in [1.82, 2.24) is 14.8 Å². The number of nitrogens with two attached hydrogens (primary N) is 1. The lowest BCUT2D eigenvalue weighted by Gasteiger charge is -2.34. The number of rotatable bonds is 8. The van der Waals surface area contributed by atoms with E-state index in [0.717, 1.165) is 60.6 Å². The summed E-state index contributed by atoms with van der Waals surface area (Å²) in [5.74, 6) is 0.446. The summed E-state index contributed by atoms with van der Waals surface area (Å²) in [7, 11) is 0. The van der Waals surface area contributed by atoms with Crippen molar-refractivity contribution in [1.29, 1.82) is 0 Å². The zero-order valence-electron chi connectivity index (χ0n) is 17.6. The van der Waals surface area contributed by atoms with Crippen molar-refractivity contribution in [3.8, 4) is 17.0 Å². The molecule has 3 N–H and O–H groups in total. The standard InChI is InChI=1S/C24H30N4O2/c1-2-10-27-11-13-28(14-12-27)15-16-30-20-8-6-18(7-9-20)22-17-19-4-3-5-21(24(25)29)23(19)26-22/h3-9,17,26H,2,10-16H2,1H3,(H2,25,29). The van der Waals surface area contributed by atoms with E-state index in [1.165, 1.54) is 13.0 Å². The number of carbonyl (C=O) groups is 1. The number of nitrogens with one attached hydrogen (secondary N) is 1. The van der Waals surface area contributed by atoms with Crippen LogP contribution in [0, 0.1) is 0 Å². The second-order valence-corrected chi connectivity index (χ2v) is 7.87. The van der Waals surface area contributed by atoms with Gasteiger partial charge in [0.2, 0.25) is 0 Å². The van der Waals surface area contributed by atoms with Crippen LogP contribution >= 0.6 is 0 Å². The van der Waals surface area contributed by atoms with Crippen LogP contribution in [0.25, 0.3) is 22.2 Å². The van der Waals surface area contributed by atoms with E-state index in [2.05, 4.69) is 21.7 Å². The van der Waals surface area contributed by atoms with E-state index in [9.17, 15) is 4.79 Å². The van der Waals surface area contributed by atoms with Gasteiger partial charge in [-0.1, -0.05) is 19.1 Å². The van der Waals surface area contributed by atoms with Gasteiger partial charge in [0.1, 0.15) is 12.4 Å². The fourth-order valence-corrected chi connectivity index (χ4v) is 4.09. The second-order valence-electron chi connectivity index (χ2n) is 7.87. The first-order valence-corrected chi connectivity index (χ1v) is 10.7. The monoisotopic (exact) mass is 406 g/mol. The predicted octanol–water partition coefficient (Wildman–Crippen LogP) is 3.34. The van der Waals surface area contributed by atoms with Crippen molar-refractivity contribution in [2.45, 2.75) is 13.3 Å². The highest BCUT2D eigenvalue weighted by Crippen LogP contribution is 2.27. The number of benzene rings is 2. The van der Waals surface area contributed by atoms with Crippen molar-refractivity contribution in [3.63, 3.8) is 0 Å². The number of hydrogen-bond acceptors (Lipinski definition) is 4. The van der Waals surface area contributed by atoms with E-state index >= 15 is 0 Å². The zero-order valence-corrected chi connectivity index (χ0v) is 17.6. The third-order valence-corrected chi connectivity index (χ3v) is 5.77. The van der Waals surface area contributed by atoms with Gasteiger partial charge in [-0.2, -0.15) is 0 Å². The number of primary amides is 1. The smallest absolute Gasteiger partial charge is 0.250 e. The highest BCUT2D eigenvalue weighted by atomic mass is 16.5. The van der Waals surface area contributed by atoms with E-state index in [0.29, 0.717) is 12.2 Å². The van der Waals surface area contributed by atoms with Gasteiger partial charge in [0.15, 0.2) is 0 Å². The maximum atomic E-state index is 11.6. The molecule has 6 nitrogen and oxygen atoms in total. The van der Waals surface area contributed by atoms with Crippen LogP contribution in [0.5, 0.6) is 5.75 Å². The first kappa shape index (κ1) is 20.4. The molecule has 1 saturated heterocycles. The van der Waals surface area contributed by atoms with E-state index in [1.807, 2.05) is 42.5 Å². The van der Waals surface area contributed by atoms with Crippen molar-refractivity contribution in [2.75, 3.05) is 45.9 Å². The van der Waals surface area contributed by atoms with Gasteiger partial charge in [-0.05, 0) is 54.9 Å². The van der Waals surface area contributed by atoms with E-state index in [4.69, 9.17) is 10.5 Å². The van der Waals surface area contributed by atoms with Crippen LogP contribution in [0.3, 0.4) is 0 Å². The SMILES string of the molecule is CCCN1CCN(CCOc2ccc(-c3cc4cccc(C(N)=O)c4[nH]3)cc2)CC1. The minimum atomic E-state index is -0.426. The summed E-state index contributed by atoms with van der Waals surface area (Å²) < 4.78 is 5.96. The quantitative estimate of drug-likeness (QED) is 0.602. The molecule has 1 fully saturated rings. The van der Waals surface area contributed by atoms with Gasteiger partial charge in [0.25, 0.3) is 5.91 Å². The molecule has 2 aromatic carbocycles. The van der Waals surface area contributed by atoms with E-state index in [-0.39, 0.29) is 0 Å². The average Bonchev–Trinajstić information content (AvgIpc) is 3.20. The molecule has 0 saturated carbocycles. The first-order valence-electron chi connectivity index (χ1n) is 10.7. The fraction of sp³-hybridized carbons (Fsp3) is 0.375. The highest BCUT2D eigenvalue weighted by Gasteiger charge is 2.15. The number of aromatic nitrogens is 1. The number of amides is 1. The Morgan fingerprint density at radius 3 is 2.40 bits per heavy atom. The van der Waals surface area contributed by atoms with E-state index < -0.39 is 5.91 Å². The van der Waals surface area contributed by atoms with E-state index in [1.54, 1.807) is 6.07 Å². The Bertz CT molecular complexity index is 988. The number of carbonyl (C=O) groups excluding carboxylic acids is 1. The topological polar surface area (TPSA) is 74.6 Å². The Hall–Kier alpha value is -2.83. The van der Waals surface area contributed by atoms with Crippen LogP contribution in [0.4, 0.5) is 0 Å². The molecule has 1 aliphatic rings. The molecule has 0 bridgehead atoms. The average molecular weight is 407 g/mol. The molecule has 1 aromatic heterocycles. The minimum Gasteiger partial charge on any atom is -0.492 e. The molecular formula is C24H30N4O2. The number of ether oxygens (including phenoxy) is 1. The summed E-state index contributed by atoms with van der Waals surface area (Å²) in [6.07, 6.45) is 1.23. The van der Waals surface area contributed by atoms with Crippen LogP contribution in [0.2, 0.25) is 0 Å². The molecule has 0 unspecified atom stereocenters. The van der Waals surface area contributed by atoms with Crippen molar-refractivity contribution >= 4 is 16.8 Å². The van der Waals surface area contributed by atoms with Gasteiger partial charge < -0.3 is 20.4 Å². The number of H-pyrrole nitrogens is 1. The van der Waals surface area contributed by atoms with Crippen LogP contribution in [0.15, 0.2) is 48.5 Å². The molecule has 0 spiro atoms. The molecule has 1 amide bonds. The molecular weight excluding hydrogens is 376 g/mol. The van der Waals surface area contributed by atoms with Gasteiger partial charge >= 0.3 is 0 Å². The second kappa shape index (κ2) is 9.32. The minimum absolute atomic E-state index is 0.426. The fourth-order valence-electron chi connectivity index (χ4n) is 4.09. The maximum Gasteiger partial charge on any atom is 0.250 e. The summed E-state index contributed by atoms with van der Waals surface area (Å²) in [5, 5.41) is 0.973. The molecule has 1 aliphatic heterocycles. The normalized spacial score (nSPS) is 15.5. The molecule has 3 aromatic rings. The summed E-state index contributed by atoms with van der Waals surface area (Å²) in [5.41, 5.74) is 8.77. The molecule has 0 atom stereocenters. The summed E-state index contributed by atoms with van der Waals surface area (Å²) in [6, 6.07) is 15.7. The van der Waals surface area contributed by atoms with Gasteiger partial charge in [-0.15, -0.1) is 0 Å². The molecule has 0 aliphatic carbocycles. The summed E-state index contributed by atoms with van der Waals surface area (Å²) in [4.78, 5) is 20.0. The third kappa shape index (κ3) is 4.66. The Morgan fingerprint density at radius 2 is 1.73 bits per heavy atom. The lowest BCUT2D eigenvalue weighted by Crippen LogP contribution is -2.47.